The Morgan fingerprint density at radius 2 is 1.79 bits per heavy atom. The van der Waals surface area contributed by atoms with Crippen LogP contribution in [0.3, 0.4) is 0 Å². The molecule has 1 aromatic carbocycles. The number of rotatable bonds is 4. The van der Waals surface area contributed by atoms with Gasteiger partial charge in [-0.1, -0.05) is 36.4 Å². The molecular formula is C22H25N5O2. The van der Waals surface area contributed by atoms with E-state index in [9.17, 15) is 9.59 Å². The molecule has 29 heavy (non-hydrogen) atoms. The van der Waals surface area contributed by atoms with Gasteiger partial charge in [-0.25, -0.2) is 9.78 Å². The molecule has 7 nitrogen and oxygen atoms in total. The number of amides is 3. The standard InChI is InChI=1S/C22H25N5O2/c1-25-20(29)24-12-22(25)15-27(16-22)19(28)21(11-17-7-3-2-4-8-17)13-26(14-21)18-9-5-6-10-23-18/h2-10H,11-16H2,1H3,(H,24,29). The van der Waals surface area contributed by atoms with Crippen molar-refractivity contribution in [3.05, 3.63) is 60.3 Å². The highest BCUT2D eigenvalue weighted by molar-refractivity contribution is 5.88. The second-order valence-electron chi connectivity index (χ2n) is 8.59. The molecule has 1 N–H and O–H groups in total. The lowest BCUT2D eigenvalue weighted by atomic mass is 9.72. The zero-order chi connectivity index (χ0) is 20.1. The molecule has 0 radical (unpaired) electrons. The molecule has 0 saturated carbocycles. The molecule has 0 unspecified atom stereocenters. The van der Waals surface area contributed by atoms with Crippen LogP contribution in [0.15, 0.2) is 54.7 Å². The first kappa shape index (κ1) is 18.0. The summed E-state index contributed by atoms with van der Waals surface area (Å²) >= 11 is 0. The number of likely N-dealkylation sites (N-methyl/N-ethyl adjacent to an activating group) is 1. The second-order valence-corrected chi connectivity index (χ2v) is 8.59. The number of urea groups is 1. The Kier molecular flexibility index (Phi) is 4.01. The molecule has 1 spiro atoms. The van der Waals surface area contributed by atoms with Gasteiger partial charge in [0.2, 0.25) is 5.91 Å². The number of benzene rings is 1. The van der Waals surface area contributed by atoms with Crippen molar-refractivity contribution in [3.8, 4) is 0 Å². The third kappa shape index (κ3) is 2.84. The van der Waals surface area contributed by atoms with Crippen LogP contribution >= 0.6 is 0 Å². The van der Waals surface area contributed by atoms with E-state index in [0.29, 0.717) is 39.1 Å². The number of likely N-dealkylation sites (tertiary alicyclic amines) is 1. The summed E-state index contributed by atoms with van der Waals surface area (Å²) in [5.41, 5.74) is 0.479. The van der Waals surface area contributed by atoms with Crippen molar-refractivity contribution in [2.45, 2.75) is 12.0 Å². The average molecular weight is 391 g/mol. The highest BCUT2D eigenvalue weighted by Gasteiger charge is 2.59. The maximum Gasteiger partial charge on any atom is 0.317 e. The molecule has 150 valence electrons. The van der Waals surface area contributed by atoms with Crippen molar-refractivity contribution in [2.24, 2.45) is 5.41 Å². The number of hydrogen-bond acceptors (Lipinski definition) is 4. The smallest absolute Gasteiger partial charge is 0.317 e. The minimum atomic E-state index is -0.449. The largest absolute Gasteiger partial charge is 0.354 e. The van der Waals surface area contributed by atoms with Gasteiger partial charge in [-0.15, -0.1) is 0 Å². The van der Waals surface area contributed by atoms with Gasteiger partial charge in [-0.2, -0.15) is 0 Å². The zero-order valence-electron chi connectivity index (χ0n) is 16.5. The summed E-state index contributed by atoms with van der Waals surface area (Å²) < 4.78 is 0. The quantitative estimate of drug-likeness (QED) is 0.855. The fraction of sp³-hybridized carbons (Fsp3) is 0.409. The zero-order valence-corrected chi connectivity index (χ0v) is 16.5. The first-order valence-electron chi connectivity index (χ1n) is 10.0. The first-order valence-corrected chi connectivity index (χ1v) is 10.0. The lowest BCUT2D eigenvalue weighted by Crippen LogP contribution is -2.75. The van der Waals surface area contributed by atoms with Gasteiger partial charge in [0, 0.05) is 46.0 Å². The Morgan fingerprint density at radius 1 is 1.07 bits per heavy atom. The Balaban J connectivity index is 1.34. The number of nitrogens with one attached hydrogen (secondary N) is 1. The van der Waals surface area contributed by atoms with Crippen LogP contribution in [-0.2, 0) is 11.2 Å². The van der Waals surface area contributed by atoms with E-state index in [1.807, 2.05) is 48.3 Å². The van der Waals surface area contributed by atoms with Gasteiger partial charge < -0.3 is 20.0 Å². The number of pyridine rings is 1. The predicted molar refractivity (Wildman–Crippen MR) is 110 cm³/mol. The van der Waals surface area contributed by atoms with E-state index in [0.717, 1.165) is 5.82 Å². The van der Waals surface area contributed by atoms with Crippen LogP contribution in [0.25, 0.3) is 0 Å². The Labute approximate surface area is 170 Å². The highest BCUT2D eigenvalue weighted by Crippen LogP contribution is 2.41. The summed E-state index contributed by atoms with van der Waals surface area (Å²) in [6.07, 6.45) is 2.50. The topological polar surface area (TPSA) is 68.8 Å². The Bertz CT molecular complexity index is 921. The van der Waals surface area contributed by atoms with Crippen LogP contribution in [-0.4, -0.2) is 72.0 Å². The number of aromatic nitrogens is 1. The summed E-state index contributed by atoms with van der Waals surface area (Å²) in [4.78, 5) is 35.7. The third-order valence-electron chi connectivity index (χ3n) is 6.64. The fourth-order valence-electron chi connectivity index (χ4n) is 4.86. The van der Waals surface area contributed by atoms with Crippen molar-refractivity contribution in [1.29, 1.82) is 0 Å². The summed E-state index contributed by atoms with van der Waals surface area (Å²) in [6.45, 7) is 3.13. The van der Waals surface area contributed by atoms with Crippen LogP contribution in [0.4, 0.5) is 10.6 Å². The summed E-state index contributed by atoms with van der Waals surface area (Å²) in [6, 6.07) is 16.0. The van der Waals surface area contributed by atoms with Gasteiger partial charge in [0.25, 0.3) is 0 Å². The normalized spacial score (nSPS) is 21.6. The Morgan fingerprint density at radius 3 is 2.41 bits per heavy atom. The number of nitrogens with zero attached hydrogens (tertiary/aromatic N) is 4. The molecule has 2 aromatic rings. The lowest BCUT2D eigenvalue weighted by molar-refractivity contribution is -0.155. The summed E-state index contributed by atoms with van der Waals surface area (Å²) in [7, 11) is 1.82. The number of carbonyl (C=O) groups excluding carboxylic acids is 2. The van der Waals surface area contributed by atoms with Gasteiger partial charge in [0.05, 0.1) is 11.0 Å². The average Bonchev–Trinajstić information content (AvgIpc) is 2.99. The number of hydrogen-bond donors (Lipinski definition) is 1. The SMILES string of the molecule is CN1C(=O)NCC12CN(C(=O)C1(Cc3ccccc3)CN(c3ccccn3)C1)C2. The highest BCUT2D eigenvalue weighted by atomic mass is 16.2. The molecule has 3 fully saturated rings. The van der Waals surface area contributed by atoms with Crippen molar-refractivity contribution < 1.29 is 9.59 Å². The van der Waals surface area contributed by atoms with Crippen molar-refractivity contribution >= 4 is 17.8 Å². The van der Waals surface area contributed by atoms with Crippen LogP contribution in [0.1, 0.15) is 5.56 Å². The molecule has 3 aliphatic rings. The van der Waals surface area contributed by atoms with Crippen molar-refractivity contribution in [3.63, 3.8) is 0 Å². The van der Waals surface area contributed by atoms with E-state index in [1.54, 1.807) is 11.1 Å². The van der Waals surface area contributed by atoms with E-state index < -0.39 is 5.41 Å². The summed E-state index contributed by atoms with van der Waals surface area (Å²) in [5, 5.41) is 2.89. The van der Waals surface area contributed by atoms with Gasteiger partial charge in [0.1, 0.15) is 5.82 Å². The van der Waals surface area contributed by atoms with Gasteiger partial charge in [-0.05, 0) is 24.1 Å². The predicted octanol–water partition coefficient (Wildman–Crippen LogP) is 1.37. The lowest BCUT2D eigenvalue weighted by Gasteiger charge is -2.57. The van der Waals surface area contributed by atoms with Gasteiger partial charge >= 0.3 is 6.03 Å². The minimum Gasteiger partial charge on any atom is -0.354 e. The van der Waals surface area contributed by atoms with Crippen LogP contribution < -0.4 is 10.2 Å². The van der Waals surface area contributed by atoms with E-state index in [-0.39, 0.29) is 17.5 Å². The molecule has 1 aromatic heterocycles. The van der Waals surface area contributed by atoms with Crippen LogP contribution in [0.2, 0.25) is 0 Å². The van der Waals surface area contributed by atoms with E-state index in [2.05, 4.69) is 27.3 Å². The van der Waals surface area contributed by atoms with Crippen molar-refractivity contribution in [2.75, 3.05) is 44.7 Å². The molecule has 0 bridgehead atoms. The van der Waals surface area contributed by atoms with Crippen LogP contribution in [0.5, 0.6) is 0 Å². The molecule has 5 rings (SSSR count). The van der Waals surface area contributed by atoms with E-state index >= 15 is 0 Å². The van der Waals surface area contributed by atoms with Gasteiger partial charge in [-0.3, -0.25) is 4.79 Å². The second kappa shape index (κ2) is 6.47. The van der Waals surface area contributed by atoms with Crippen LogP contribution in [0, 0.1) is 5.41 Å². The summed E-state index contributed by atoms with van der Waals surface area (Å²) in [5.74, 6) is 1.10. The maximum atomic E-state index is 13.6. The molecule has 0 atom stereocenters. The first-order chi connectivity index (χ1) is 14.0. The third-order valence-corrected chi connectivity index (χ3v) is 6.64. The Hall–Kier alpha value is -3.09. The molecule has 0 aliphatic carbocycles. The molecule has 3 saturated heterocycles. The maximum absolute atomic E-state index is 13.6. The number of carbonyl (C=O) groups is 2. The molecule has 3 amide bonds. The van der Waals surface area contributed by atoms with E-state index in [1.165, 1.54) is 5.56 Å². The molecular weight excluding hydrogens is 366 g/mol. The fourth-order valence-corrected chi connectivity index (χ4v) is 4.86. The number of anilines is 1. The monoisotopic (exact) mass is 391 g/mol. The van der Waals surface area contributed by atoms with Crippen molar-refractivity contribution in [1.82, 2.24) is 20.1 Å². The molecule has 3 aliphatic heterocycles. The van der Waals surface area contributed by atoms with Gasteiger partial charge in [0.15, 0.2) is 0 Å². The van der Waals surface area contributed by atoms with E-state index in [4.69, 9.17) is 0 Å². The molecule has 7 heteroatoms. The molecule has 4 heterocycles. The minimum absolute atomic E-state index is 0.0546.